The van der Waals surface area contributed by atoms with Crippen LogP contribution in [-0.4, -0.2) is 41.1 Å². The van der Waals surface area contributed by atoms with Gasteiger partial charge in [-0.3, -0.25) is 9.78 Å². The second kappa shape index (κ2) is 11.9. The predicted octanol–water partition coefficient (Wildman–Crippen LogP) is 5.36. The molecule has 3 atom stereocenters. The smallest absolute Gasteiger partial charge is 0.187 e. The predicted molar refractivity (Wildman–Crippen MR) is 144 cm³/mol. The van der Waals surface area contributed by atoms with Gasteiger partial charge in [-0.2, -0.15) is 0 Å². The topological polar surface area (TPSA) is 113 Å². The third-order valence-electron chi connectivity index (χ3n) is 7.70. The first-order chi connectivity index (χ1) is 19.2. The quantitative estimate of drug-likeness (QED) is 0.378. The zero-order valence-electron chi connectivity index (χ0n) is 22.3. The fourth-order valence-electron chi connectivity index (χ4n) is 5.88. The first-order valence-corrected chi connectivity index (χ1v) is 13.6. The van der Waals surface area contributed by atoms with Crippen LogP contribution in [0.25, 0.3) is 11.3 Å². The van der Waals surface area contributed by atoms with Crippen LogP contribution in [0.15, 0.2) is 36.7 Å². The number of carbonyl (C=O) groups is 1. The fourth-order valence-corrected chi connectivity index (χ4v) is 5.88. The van der Waals surface area contributed by atoms with Crippen molar-refractivity contribution in [3.05, 3.63) is 70.9 Å². The number of nitrogens with two attached hydrogens (primary N) is 2. The van der Waals surface area contributed by atoms with E-state index in [0.29, 0.717) is 37.5 Å². The Balaban J connectivity index is 1.42. The number of nitrogens with zero attached hydrogens (tertiary/aromatic N) is 2. The standard InChI is InChI=1S/C30H33F3N4O3/c1-16-8-17(10-19(34)9-16)22-2-5-36-15-18(22)11-27(38)30-26(35)14-25(33)29(37-30)28-23(31)12-21(13-24(28)32)40-20-3-6-39-7-4-20/h2,5,12-17,19-20H,3-4,6-11,34-35H2,1H3/t16-,17+,19-/m0/s1. The summed E-state index contributed by atoms with van der Waals surface area (Å²) in [7, 11) is 0. The molecule has 1 saturated carbocycles. The summed E-state index contributed by atoms with van der Waals surface area (Å²) >= 11 is 0. The third kappa shape index (κ3) is 6.13. The van der Waals surface area contributed by atoms with Crippen molar-refractivity contribution in [3.63, 3.8) is 0 Å². The van der Waals surface area contributed by atoms with Crippen LogP contribution in [-0.2, 0) is 11.2 Å². The molecule has 2 aromatic heterocycles. The summed E-state index contributed by atoms with van der Waals surface area (Å²) in [5.41, 5.74) is 12.1. The average Bonchev–Trinajstić information content (AvgIpc) is 2.90. The van der Waals surface area contributed by atoms with Gasteiger partial charge in [0, 0.05) is 55.9 Å². The van der Waals surface area contributed by atoms with Crippen LogP contribution in [0.3, 0.4) is 0 Å². The van der Waals surface area contributed by atoms with Gasteiger partial charge in [-0.25, -0.2) is 18.2 Å². The van der Waals surface area contributed by atoms with Gasteiger partial charge in [0.15, 0.2) is 11.6 Å². The number of Topliss-reactive ketones (excluding diaryl/α,β-unsaturated/α-hetero) is 1. The second-order valence-electron chi connectivity index (χ2n) is 10.9. The van der Waals surface area contributed by atoms with E-state index >= 15 is 8.78 Å². The van der Waals surface area contributed by atoms with E-state index < -0.39 is 34.5 Å². The number of aromatic nitrogens is 2. The zero-order valence-corrected chi connectivity index (χ0v) is 22.3. The van der Waals surface area contributed by atoms with Crippen molar-refractivity contribution in [1.82, 2.24) is 9.97 Å². The molecule has 0 radical (unpaired) electrons. The Morgan fingerprint density at radius 3 is 2.50 bits per heavy atom. The first kappa shape index (κ1) is 28.0. The molecule has 2 fully saturated rings. The lowest BCUT2D eigenvalue weighted by Gasteiger charge is -2.32. The number of ketones is 1. The summed E-state index contributed by atoms with van der Waals surface area (Å²) in [5.74, 6) is -3.08. The molecule has 4 N–H and O–H groups in total. The maximum atomic E-state index is 15.1. The molecule has 5 rings (SSSR count). The van der Waals surface area contributed by atoms with E-state index in [2.05, 4.69) is 16.9 Å². The van der Waals surface area contributed by atoms with E-state index in [-0.39, 0.29) is 41.6 Å². The van der Waals surface area contributed by atoms with E-state index in [0.717, 1.165) is 43.0 Å². The van der Waals surface area contributed by atoms with Crippen molar-refractivity contribution in [2.75, 3.05) is 18.9 Å². The Labute approximate surface area is 231 Å². The summed E-state index contributed by atoms with van der Waals surface area (Å²) in [6.07, 6.45) is 6.83. The first-order valence-electron chi connectivity index (χ1n) is 13.6. The van der Waals surface area contributed by atoms with Crippen molar-refractivity contribution in [2.45, 2.75) is 63.5 Å². The number of hydrogen-bond donors (Lipinski definition) is 2. The largest absolute Gasteiger partial charge is 0.490 e. The molecule has 1 saturated heterocycles. The van der Waals surface area contributed by atoms with Crippen LogP contribution in [0.2, 0.25) is 0 Å². The summed E-state index contributed by atoms with van der Waals surface area (Å²) < 4.78 is 56.2. The Morgan fingerprint density at radius 2 is 1.80 bits per heavy atom. The van der Waals surface area contributed by atoms with E-state index in [9.17, 15) is 9.18 Å². The van der Waals surface area contributed by atoms with Crippen LogP contribution >= 0.6 is 0 Å². The van der Waals surface area contributed by atoms with Crippen LogP contribution in [0.5, 0.6) is 5.75 Å². The van der Waals surface area contributed by atoms with Crippen molar-refractivity contribution in [2.24, 2.45) is 11.7 Å². The highest BCUT2D eigenvalue weighted by molar-refractivity contribution is 6.00. The highest BCUT2D eigenvalue weighted by Gasteiger charge is 2.29. The van der Waals surface area contributed by atoms with Crippen LogP contribution in [0.1, 0.15) is 66.6 Å². The van der Waals surface area contributed by atoms with Crippen LogP contribution in [0, 0.1) is 23.4 Å². The van der Waals surface area contributed by atoms with Gasteiger partial charge in [-0.1, -0.05) is 6.92 Å². The average molecular weight is 555 g/mol. The molecule has 0 bridgehead atoms. The molecule has 1 aliphatic heterocycles. The van der Waals surface area contributed by atoms with E-state index in [1.165, 1.54) is 0 Å². The zero-order chi connectivity index (χ0) is 28.4. The fraction of sp³-hybridized carbons (Fsp3) is 0.433. The highest BCUT2D eigenvalue weighted by atomic mass is 19.1. The van der Waals surface area contributed by atoms with E-state index in [1.54, 1.807) is 12.4 Å². The monoisotopic (exact) mass is 554 g/mol. The van der Waals surface area contributed by atoms with Gasteiger partial charge >= 0.3 is 0 Å². The molecule has 212 valence electrons. The van der Waals surface area contributed by atoms with Crippen molar-refractivity contribution in [3.8, 4) is 17.0 Å². The second-order valence-corrected chi connectivity index (χ2v) is 10.9. The third-order valence-corrected chi connectivity index (χ3v) is 7.70. The molecule has 0 unspecified atom stereocenters. The van der Waals surface area contributed by atoms with Gasteiger partial charge < -0.3 is 20.9 Å². The number of hydrogen-bond acceptors (Lipinski definition) is 7. The summed E-state index contributed by atoms with van der Waals surface area (Å²) in [6.45, 7) is 3.16. The minimum absolute atomic E-state index is 0.0151. The highest BCUT2D eigenvalue weighted by Crippen LogP contribution is 2.37. The molecule has 10 heteroatoms. The minimum Gasteiger partial charge on any atom is -0.490 e. The molecular formula is C30H33F3N4O3. The molecular weight excluding hydrogens is 521 g/mol. The van der Waals surface area contributed by atoms with Gasteiger partial charge in [0.25, 0.3) is 0 Å². The van der Waals surface area contributed by atoms with Gasteiger partial charge in [-0.15, -0.1) is 0 Å². The van der Waals surface area contributed by atoms with E-state index in [1.807, 2.05) is 6.07 Å². The summed E-state index contributed by atoms with van der Waals surface area (Å²) in [4.78, 5) is 21.6. The van der Waals surface area contributed by atoms with Gasteiger partial charge in [0.1, 0.15) is 34.9 Å². The number of rotatable bonds is 7. The number of anilines is 1. The molecule has 7 nitrogen and oxygen atoms in total. The number of benzene rings is 1. The van der Waals surface area contributed by atoms with Crippen molar-refractivity contribution in [1.29, 1.82) is 0 Å². The van der Waals surface area contributed by atoms with Crippen LogP contribution < -0.4 is 16.2 Å². The molecule has 0 amide bonds. The molecule has 3 aromatic rings. The Morgan fingerprint density at radius 1 is 1.07 bits per heavy atom. The number of ether oxygens (including phenoxy) is 2. The number of nitrogen functional groups attached to an aromatic ring is 1. The SMILES string of the molecule is C[C@@H]1C[C@H](N)C[C@H](c2ccncc2CC(=O)c2nc(-c3c(F)cc(OC4CCOCC4)cc3F)c(F)cc2N)C1. The van der Waals surface area contributed by atoms with Crippen molar-refractivity contribution >= 4 is 11.5 Å². The Hall–Kier alpha value is -3.50. The molecule has 1 aromatic carbocycles. The van der Waals surface area contributed by atoms with Gasteiger partial charge in [0.2, 0.25) is 0 Å². The summed E-state index contributed by atoms with van der Waals surface area (Å²) in [6, 6.07) is 4.81. The molecule has 40 heavy (non-hydrogen) atoms. The Bertz CT molecular complexity index is 1360. The molecule has 3 heterocycles. The van der Waals surface area contributed by atoms with Gasteiger partial charge in [0.05, 0.1) is 24.5 Å². The Kier molecular flexibility index (Phi) is 8.37. The molecule has 2 aliphatic rings. The minimum atomic E-state index is -1.06. The number of carbonyl (C=O) groups excluding carboxylic acids is 1. The molecule has 1 aliphatic carbocycles. The molecule has 0 spiro atoms. The number of halogens is 3. The van der Waals surface area contributed by atoms with Crippen molar-refractivity contribution < 1.29 is 27.4 Å². The lowest BCUT2D eigenvalue weighted by atomic mass is 9.75. The lowest BCUT2D eigenvalue weighted by Crippen LogP contribution is -2.31. The lowest BCUT2D eigenvalue weighted by molar-refractivity contribution is 0.0253. The van der Waals surface area contributed by atoms with Gasteiger partial charge in [-0.05, 0) is 48.3 Å². The maximum Gasteiger partial charge on any atom is 0.187 e. The maximum absolute atomic E-state index is 15.1. The normalized spacial score (nSPS) is 21.8. The number of pyridine rings is 2. The summed E-state index contributed by atoms with van der Waals surface area (Å²) in [5, 5.41) is 0. The van der Waals surface area contributed by atoms with Crippen LogP contribution in [0.4, 0.5) is 18.9 Å². The van der Waals surface area contributed by atoms with E-state index in [4.69, 9.17) is 20.9 Å².